The highest BCUT2D eigenvalue weighted by Crippen LogP contribution is 2.44. The molecule has 0 amide bonds. The van der Waals surface area contributed by atoms with E-state index >= 15 is 0 Å². The second-order valence-electron chi connectivity index (χ2n) is 6.18. The molecule has 1 heteroatoms. The topological polar surface area (TPSA) is 0 Å². The van der Waals surface area contributed by atoms with Crippen molar-refractivity contribution in [2.75, 3.05) is 0 Å². The average molecular weight is 250 g/mol. The van der Waals surface area contributed by atoms with E-state index in [2.05, 4.69) is 46.0 Å². The van der Waals surface area contributed by atoms with E-state index in [9.17, 15) is 0 Å². The minimum Gasteiger partial charge on any atom is -0.144 e. The van der Waals surface area contributed by atoms with Crippen LogP contribution in [0.2, 0.25) is 0 Å². The van der Waals surface area contributed by atoms with Crippen LogP contribution in [0.4, 0.5) is 0 Å². The fourth-order valence-electron chi connectivity index (χ4n) is 3.12. The van der Waals surface area contributed by atoms with Gasteiger partial charge in [-0.25, -0.2) is 0 Å². The molecule has 0 fully saturated rings. The Labute approximate surface area is 110 Å². The first-order valence-electron chi connectivity index (χ1n) is 7.17. The van der Waals surface area contributed by atoms with Crippen molar-refractivity contribution in [2.24, 2.45) is 0 Å². The van der Waals surface area contributed by atoms with Crippen LogP contribution in [0.25, 0.3) is 0 Å². The maximum Gasteiger partial charge on any atom is 0.0111 e. The highest BCUT2D eigenvalue weighted by Gasteiger charge is 2.25. The zero-order valence-corrected chi connectivity index (χ0v) is 12.8. The molecule has 0 bridgehead atoms. The highest BCUT2D eigenvalue weighted by atomic mass is 32.1. The van der Waals surface area contributed by atoms with Crippen LogP contribution in [0.1, 0.15) is 92.5 Å². The van der Waals surface area contributed by atoms with Crippen molar-refractivity contribution < 1.29 is 0 Å². The van der Waals surface area contributed by atoms with Gasteiger partial charge in [-0.2, -0.15) is 0 Å². The number of thiophene rings is 1. The molecule has 0 unspecified atom stereocenters. The molecule has 17 heavy (non-hydrogen) atoms. The first kappa shape index (κ1) is 13.1. The maximum absolute atomic E-state index is 2.43. The first-order valence-corrected chi connectivity index (χ1v) is 7.99. The van der Waals surface area contributed by atoms with E-state index < -0.39 is 0 Å². The Balaban J connectivity index is 2.54. The van der Waals surface area contributed by atoms with Crippen LogP contribution < -0.4 is 0 Å². The lowest BCUT2D eigenvalue weighted by Gasteiger charge is -2.13. The zero-order chi connectivity index (χ0) is 12.6. The molecule has 1 aliphatic rings. The Hall–Kier alpha value is -0.300. The van der Waals surface area contributed by atoms with Gasteiger partial charge in [0.05, 0.1) is 0 Å². The van der Waals surface area contributed by atoms with Crippen LogP contribution in [-0.2, 0) is 6.42 Å². The molecule has 0 radical (unpaired) electrons. The van der Waals surface area contributed by atoms with E-state index in [4.69, 9.17) is 0 Å². The molecule has 0 aromatic carbocycles. The standard InChI is InChI=1S/C16H26S/c1-10(2)14-13-9-7-6-8-12(5)16(13)17-15(14)11(3)4/h10-12H,6-9H2,1-5H3/t12-/m0/s1. The van der Waals surface area contributed by atoms with E-state index in [1.54, 1.807) is 20.9 Å². The van der Waals surface area contributed by atoms with Gasteiger partial charge < -0.3 is 0 Å². The van der Waals surface area contributed by atoms with Gasteiger partial charge in [-0.3, -0.25) is 0 Å². The molecule has 0 saturated heterocycles. The molecule has 1 heterocycles. The zero-order valence-electron chi connectivity index (χ0n) is 12.0. The molecule has 0 aliphatic heterocycles. The summed E-state index contributed by atoms with van der Waals surface area (Å²) in [4.78, 5) is 3.38. The lowest BCUT2D eigenvalue weighted by Crippen LogP contribution is -1.99. The van der Waals surface area contributed by atoms with Gasteiger partial charge in [-0.1, -0.05) is 41.0 Å². The third-order valence-electron chi connectivity index (χ3n) is 3.97. The van der Waals surface area contributed by atoms with E-state index in [1.807, 2.05) is 0 Å². The van der Waals surface area contributed by atoms with E-state index in [0.717, 1.165) is 5.92 Å². The van der Waals surface area contributed by atoms with Crippen LogP contribution in [0.5, 0.6) is 0 Å². The van der Waals surface area contributed by atoms with E-state index in [1.165, 1.54) is 25.7 Å². The number of fused-ring (bicyclic) bond motifs is 1. The second kappa shape index (κ2) is 5.14. The monoisotopic (exact) mass is 250 g/mol. The molecule has 96 valence electrons. The summed E-state index contributed by atoms with van der Waals surface area (Å²) in [6.07, 6.45) is 5.53. The minimum absolute atomic E-state index is 0.691. The summed E-state index contributed by atoms with van der Waals surface area (Å²) in [6.45, 7) is 11.9. The SMILES string of the molecule is CC(C)c1sc2c(c1C(C)C)CCCC[C@@H]2C. The van der Waals surface area contributed by atoms with Crippen LogP contribution in [0, 0.1) is 0 Å². The molecule has 2 rings (SSSR count). The smallest absolute Gasteiger partial charge is 0.0111 e. The van der Waals surface area contributed by atoms with Gasteiger partial charge in [-0.05, 0) is 48.1 Å². The lowest BCUT2D eigenvalue weighted by molar-refractivity contribution is 0.639. The van der Waals surface area contributed by atoms with Crippen LogP contribution >= 0.6 is 11.3 Å². The van der Waals surface area contributed by atoms with Gasteiger partial charge in [0.25, 0.3) is 0 Å². The number of rotatable bonds is 2. The molecule has 0 spiro atoms. The fourth-order valence-corrected chi connectivity index (χ4v) is 4.71. The van der Waals surface area contributed by atoms with Gasteiger partial charge in [0.2, 0.25) is 0 Å². The average Bonchev–Trinajstić information content (AvgIpc) is 2.55. The van der Waals surface area contributed by atoms with Crippen molar-refractivity contribution in [3.05, 3.63) is 20.9 Å². The maximum atomic E-state index is 2.43. The van der Waals surface area contributed by atoms with Crippen molar-refractivity contribution in [3.63, 3.8) is 0 Å². The summed E-state index contributed by atoms with van der Waals surface area (Å²) < 4.78 is 0. The third kappa shape index (κ3) is 2.45. The predicted octanol–water partition coefficient (Wildman–Crippen LogP) is 5.82. The Bertz CT molecular complexity index is 384. The fraction of sp³-hybridized carbons (Fsp3) is 0.750. The van der Waals surface area contributed by atoms with Gasteiger partial charge in [0.1, 0.15) is 0 Å². The van der Waals surface area contributed by atoms with E-state index in [-0.39, 0.29) is 0 Å². The Morgan fingerprint density at radius 2 is 1.76 bits per heavy atom. The summed E-state index contributed by atoms with van der Waals surface area (Å²) >= 11 is 2.12. The van der Waals surface area contributed by atoms with Gasteiger partial charge >= 0.3 is 0 Å². The van der Waals surface area contributed by atoms with Crippen molar-refractivity contribution in [1.82, 2.24) is 0 Å². The predicted molar refractivity (Wildman–Crippen MR) is 78.5 cm³/mol. The molecule has 0 nitrogen and oxygen atoms in total. The normalized spacial score (nSPS) is 20.8. The third-order valence-corrected chi connectivity index (χ3v) is 5.75. The number of hydrogen-bond acceptors (Lipinski definition) is 1. The van der Waals surface area contributed by atoms with Gasteiger partial charge in [-0.15, -0.1) is 11.3 Å². The molecular weight excluding hydrogens is 224 g/mol. The summed E-state index contributed by atoms with van der Waals surface area (Å²) in [5.41, 5.74) is 3.44. The molecule has 1 aromatic rings. The summed E-state index contributed by atoms with van der Waals surface area (Å²) in [5, 5.41) is 0. The molecular formula is C16H26S. The summed E-state index contributed by atoms with van der Waals surface area (Å²) in [6, 6.07) is 0. The Morgan fingerprint density at radius 1 is 1.06 bits per heavy atom. The largest absolute Gasteiger partial charge is 0.144 e. The van der Waals surface area contributed by atoms with Crippen LogP contribution in [0.15, 0.2) is 0 Å². The molecule has 1 aromatic heterocycles. The summed E-state index contributed by atoms with van der Waals surface area (Å²) in [7, 11) is 0. The summed E-state index contributed by atoms with van der Waals surface area (Å²) in [5.74, 6) is 2.18. The van der Waals surface area contributed by atoms with Crippen molar-refractivity contribution in [2.45, 2.75) is 78.1 Å². The number of hydrogen-bond donors (Lipinski definition) is 0. The molecule has 0 N–H and O–H groups in total. The van der Waals surface area contributed by atoms with Crippen molar-refractivity contribution in [3.8, 4) is 0 Å². The molecule has 1 aliphatic carbocycles. The van der Waals surface area contributed by atoms with Crippen molar-refractivity contribution in [1.29, 1.82) is 0 Å². The van der Waals surface area contributed by atoms with Gasteiger partial charge in [0.15, 0.2) is 0 Å². The molecule has 1 atom stereocenters. The highest BCUT2D eigenvalue weighted by molar-refractivity contribution is 7.12. The Kier molecular flexibility index (Phi) is 3.97. The minimum atomic E-state index is 0.691. The van der Waals surface area contributed by atoms with Crippen LogP contribution in [-0.4, -0.2) is 0 Å². The first-order chi connectivity index (χ1) is 8.02. The Morgan fingerprint density at radius 3 is 2.35 bits per heavy atom. The van der Waals surface area contributed by atoms with Crippen molar-refractivity contribution >= 4 is 11.3 Å². The van der Waals surface area contributed by atoms with Crippen LogP contribution in [0.3, 0.4) is 0 Å². The quantitative estimate of drug-likeness (QED) is 0.580. The van der Waals surface area contributed by atoms with E-state index in [0.29, 0.717) is 11.8 Å². The second-order valence-corrected chi connectivity index (χ2v) is 7.26. The molecule has 0 saturated carbocycles. The van der Waals surface area contributed by atoms with Gasteiger partial charge in [0, 0.05) is 9.75 Å². The lowest BCUT2D eigenvalue weighted by atomic mass is 9.91.